The summed E-state index contributed by atoms with van der Waals surface area (Å²) in [4.78, 5) is 31.5. The first kappa shape index (κ1) is 25.6. The van der Waals surface area contributed by atoms with Gasteiger partial charge in [0.05, 0.1) is 23.5 Å². The highest BCUT2D eigenvalue weighted by Crippen LogP contribution is 2.38. The molecule has 1 saturated heterocycles. The summed E-state index contributed by atoms with van der Waals surface area (Å²) in [6.45, 7) is 8.08. The SMILES string of the molecule is C[C@H]1C[C@@H](N(CCC(=O)O)C(=O)OC(C)(C)C)CN(c2ccc(C(F)(F)F)c3ncccc23)C1. The molecular weight excluding hydrogens is 451 g/mol. The molecule has 1 amide bonds. The number of anilines is 1. The Morgan fingerprint density at radius 2 is 1.91 bits per heavy atom. The molecule has 0 unspecified atom stereocenters. The van der Waals surface area contributed by atoms with Gasteiger partial charge < -0.3 is 19.6 Å². The lowest BCUT2D eigenvalue weighted by Crippen LogP contribution is -2.54. The number of ether oxygens (including phenoxy) is 1. The Morgan fingerprint density at radius 3 is 2.53 bits per heavy atom. The minimum atomic E-state index is -4.53. The second kappa shape index (κ2) is 9.68. The molecule has 1 fully saturated rings. The van der Waals surface area contributed by atoms with Gasteiger partial charge in [-0.1, -0.05) is 6.92 Å². The minimum absolute atomic E-state index is 0.0230. The molecule has 7 nitrogen and oxygen atoms in total. The molecule has 1 aromatic heterocycles. The van der Waals surface area contributed by atoms with E-state index in [1.807, 2.05) is 11.8 Å². The molecule has 2 heterocycles. The van der Waals surface area contributed by atoms with E-state index in [0.29, 0.717) is 30.6 Å². The lowest BCUT2D eigenvalue weighted by atomic mass is 9.93. The van der Waals surface area contributed by atoms with Gasteiger partial charge in [-0.3, -0.25) is 9.78 Å². The van der Waals surface area contributed by atoms with E-state index in [4.69, 9.17) is 4.74 Å². The van der Waals surface area contributed by atoms with Crippen LogP contribution in [0.3, 0.4) is 0 Å². The van der Waals surface area contributed by atoms with Crippen LogP contribution < -0.4 is 4.90 Å². The molecule has 1 N–H and O–H groups in total. The van der Waals surface area contributed by atoms with Crippen LogP contribution in [0.2, 0.25) is 0 Å². The predicted molar refractivity (Wildman–Crippen MR) is 122 cm³/mol. The first-order chi connectivity index (χ1) is 15.8. The van der Waals surface area contributed by atoms with Gasteiger partial charge in [-0.25, -0.2) is 4.79 Å². The lowest BCUT2D eigenvalue weighted by molar-refractivity contribution is -0.138. The molecule has 0 aliphatic carbocycles. The summed E-state index contributed by atoms with van der Waals surface area (Å²) in [7, 11) is 0. The molecule has 2 atom stereocenters. The van der Waals surface area contributed by atoms with Crippen molar-refractivity contribution in [1.29, 1.82) is 0 Å². The summed E-state index contributed by atoms with van der Waals surface area (Å²) in [6.07, 6.45) is -3.43. The van der Waals surface area contributed by atoms with Crippen molar-refractivity contribution in [2.75, 3.05) is 24.5 Å². The molecule has 0 radical (unpaired) electrons. The Hall–Kier alpha value is -3.04. The van der Waals surface area contributed by atoms with Crippen molar-refractivity contribution in [3.05, 3.63) is 36.0 Å². The maximum atomic E-state index is 13.5. The summed E-state index contributed by atoms with van der Waals surface area (Å²) in [5.74, 6) is -0.934. The van der Waals surface area contributed by atoms with Crippen LogP contribution in [-0.2, 0) is 15.7 Å². The number of pyridine rings is 1. The molecule has 0 bridgehead atoms. The molecule has 186 valence electrons. The number of nitrogens with zero attached hydrogens (tertiary/aromatic N) is 3. The van der Waals surface area contributed by atoms with Crippen molar-refractivity contribution in [2.45, 2.75) is 58.4 Å². The number of amides is 1. The molecule has 1 aromatic carbocycles. The quantitative estimate of drug-likeness (QED) is 0.634. The highest BCUT2D eigenvalue weighted by Gasteiger charge is 2.37. The highest BCUT2D eigenvalue weighted by atomic mass is 19.4. The number of fused-ring (bicyclic) bond motifs is 1. The van der Waals surface area contributed by atoms with E-state index in [0.717, 1.165) is 6.07 Å². The van der Waals surface area contributed by atoms with Crippen LogP contribution in [-0.4, -0.2) is 58.3 Å². The van der Waals surface area contributed by atoms with Crippen molar-refractivity contribution < 1.29 is 32.6 Å². The summed E-state index contributed by atoms with van der Waals surface area (Å²) in [6, 6.07) is 5.31. The largest absolute Gasteiger partial charge is 0.481 e. The number of benzene rings is 1. The van der Waals surface area contributed by atoms with E-state index in [1.165, 1.54) is 17.2 Å². The predicted octanol–water partition coefficient (Wildman–Crippen LogP) is 5.18. The molecule has 2 aromatic rings. The van der Waals surface area contributed by atoms with E-state index >= 15 is 0 Å². The standard InChI is InChI=1S/C24H30F3N3O4/c1-15-12-16(30(11-9-20(31)32)22(33)34-23(2,3)4)14-29(13-15)19-8-7-18(24(25,26)27)21-17(19)6-5-10-28-21/h5-8,10,15-16H,9,11-14H2,1-4H3,(H,31,32)/t15-,16+/m0/s1. The molecule has 34 heavy (non-hydrogen) atoms. The van der Waals surface area contributed by atoms with Gasteiger partial charge in [0.2, 0.25) is 0 Å². The summed E-state index contributed by atoms with van der Waals surface area (Å²) in [5.41, 5.74) is -1.09. The Balaban J connectivity index is 1.96. The van der Waals surface area contributed by atoms with E-state index < -0.39 is 29.4 Å². The monoisotopic (exact) mass is 481 g/mol. The van der Waals surface area contributed by atoms with Crippen LogP contribution in [0.25, 0.3) is 10.9 Å². The van der Waals surface area contributed by atoms with Gasteiger partial charge in [-0.15, -0.1) is 0 Å². The van der Waals surface area contributed by atoms with Gasteiger partial charge >= 0.3 is 18.2 Å². The minimum Gasteiger partial charge on any atom is -0.481 e. The van der Waals surface area contributed by atoms with Crippen molar-refractivity contribution in [3.8, 4) is 0 Å². The Kier molecular flexibility index (Phi) is 7.28. The summed E-state index contributed by atoms with van der Waals surface area (Å²) in [5, 5.41) is 9.55. The Morgan fingerprint density at radius 1 is 1.21 bits per heavy atom. The second-order valence-electron chi connectivity index (χ2n) is 9.75. The third-order valence-corrected chi connectivity index (χ3v) is 5.67. The first-order valence-electron chi connectivity index (χ1n) is 11.2. The van der Waals surface area contributed by atoms with Crippen molar-refractivity contribution >= 4 is 28.7 Å². The third-order valence-electron chi connectivity index (χ3n) is 5.67. The van der Waals surface area contributed by atoms with Gasteiger partial charge in [0, 0.05) is 36.9 Å². The van der Waals surface area contributed by atoms with Crippen LogP contribution in [0.1, 0.15) is 46.1 Å². The molecular formula is C24H30F3N3O4. The first-order valence-corrected chi connectivity index (χ1v) is 11.2. The number of carbonyl (C=O) groups excluding carboxylic acids is 1. The maximum absolute atomic E-state index is 13.5. The highest BCUT2D eigenvalue weighted by molar-refractivity contribution is 5.94. The Bertz CT molecular complexity index is 1050. The average Bonchev–Trinajstić information content (AvgIpc) is 2.70. The molecule has 10 heteroatoms. The number of hydrogen-bond acceptors (Lipinski definition) is 5. The van der Waals surface area contributed by atoms with Gasteiger partial charge in [0.25, 0.3) is 0 Å². The number of carbonyl (C=O) groups is 2. The molecule has 0 saturated carbocycles. The normalized spacial score (nSPS) is 19.2. The number of piperidine rings is 1. The van der Waals surface area contributed by atoms with E-state index in [-0.39, 0.29) is 30.4 Å². The van der Waals surface area contributed by atoms with Crippen molar-refractivity contribution in [3.63, 3.8) is 0 Å². The third kappa shape index (κ3) is 6.09. The summed E-state index contributed by atoms with van der Waals surface area (Å²) < 4.78 is 46.1. The fraction of sp³-hybridized carbons (Fsp3) is 0.542. The van der Waals surface area contributed by atoms with E-state index in [9.17, 15) is 27.9 Å². The number of halogens is 3. The van der Waals surface area contributed by atoms with Gasteiger partial charge in [-0.05, 0) is 57.4 Å². The molecule has 3 rings (SSSR count). The van der Waals surface area contributed by atoms with Gasteiger partial charge in [0.15, 0.2) is 0 Å². The van der Waals surface area contributed by atoms with Crippen molar-refractivity contribution in [2.24, 2.45) is 5.92 Å². The number of aromatic nitrogens is 1. The number of rotatable bonds is 5. The van der Waals surface area contributed by atoms with Crippen LogP contribution in [0.5, 0.6) is 0 Å². The molecule has 1 aliphatic rings. The number of carboxylic acids is 1. The zero-order valence-corrected chi connectivity index (χ0v) is 19.7. The Labute approximate surface area is 196 Å². The number of aliphatic carboxylic acids is 1. The zero-order valence-electron chi connectivity index (χ0n) is 19.7. The van der Waals surface area contributed by atoms with Crippen molar-refractivity contribution in [1.82, 2.24) is 9.88 Å². The topological polar surface area (TPSA) is 83.0 Å². The van der Waals surface area contributed by atoms with Crippen LogP contribution >= 0.6 is 0 Å². The number of carboxylic acid groups (broad SMARTS) is 1. The van der Waals surface area contributed by atoms with Crippen LogP contribution in [0.15, 0.2) is 30.5 Å². The molecule has 0 spiro atoms. The van der Waals surface area contributed by atoms with Gasteiger partial charge in [-0.2, -0.15) is 13.2 Å². The number of alkyl halides is 3. The summed E-state index contributed by atoms with van der Waals surface area (Å²) >= 11 is 0. The second-order valence-corrected chi connectivity index (χ2v) is 9.75. The molecule has 1 aliphatic heterocycles. The van der Waals surface area contributed by atoms with Crippen LogP contribution in [0, 0.1) is 5.92 Å². The fourth-order valence-electron chi connectivity index (χ4n) is 4.36. The average molecular weight is 482 g/mol. The lowest BCUT2D eigenvalue weighted by Gasteiger charge is -2.43. The number of hydrogen-bond donors (Lipinski definition) is 1. The van der Waals surface area contributed by atoms with E-state index in [1.54, 1.807) is 32.9 Å². The smallest absolute Gasteiger partial charge is 0.418 e. The fourth-order valence-corrected chi connectivity index (χ4v) is 4.36. The maximum Gasteiger partial charge on any atom is 0.418 e. The van der Waals surface area contributed by atoms with Crippen LogP contribution in [0.4, 0.5) is 23.7 Å². The van der Waals surface area contributed by atoms with E-state index in [2.05, 4.69) is 4.98 Å². The van der Waals surface area contributed by atoms with Gasteiger partial charge in [0.1, 0.15) is 5.60 Å². The zero-order chi connectivity index (χ0) is 25.3.